The molecule has 2 N–H and O–H groups in total. The fraction of sp³-hybridized carbons (Fsp3) is 0.263. The zero-order valence-corrected chi connectivity index (χ0v) is 15.6. The van der Waals surface area contributed by atoms with Crippen LogP contribution in [-0.4, -0.2) is 32.6 Å². The molecule has 0 aliphatic rings. The van der Waals surface area contributed by atoms with Gasteiger partial charge in [-0.1, -0.05) is 23.7 Å². The number of rotatable bonds is 7. The predicted molar refractivity (Wildman–Crippen MR) is 99.9 cm³/mol. The summed E-state index contributed by atoms with van der Waals surface area (Å²) in [5, 5.41) is 5.71. The lowest BCUT2D eigenvalue weighted by atomic mass is 10.1. The Morgan fingerprint density at radius 3 is 2.50 bits per heavy atom. The molecule has 0 saturated carbocycles. The van der Waals surface area contributed by atoms with Crippen LogP contribution < -0.4 is 20.1 Å². The van der Waals surface area contributed by atoms with Crippen LogP contribution in [0.15, 0.2) is 42.5 Å². The third kappa shape index (κ3) is 4.89. The summed E-state index contributed by atoms with van der Waals surface area (Å²) in [5.74, 6) is 0.563. The van der Waals surface area contributed by atoms with E-state index < -0.39 is 5.91 Å². The standard InChI is InChI=1S/C19H21ClN2O4/c1-12(15-10-13(25-2)8-9-17(15)26-3)22-18(23)11-21-19(24)14-6-4-5-7-16(14)20/h4-10,12H,11H2,1-3H3,(H,21,24)(H,22,23)/t12-/m0/s1. The zero-order valence-electron chi connectivity index (χ0n) is 14.8. The number of hydrogen-bond acceptors (Lipinski definition) is 4. The first-order valence-electron chi connectivity index (χ1n) is 8.00. The summed E-state index contributed by atoms with van der Waals surface area (Å²) in [6, 6.07) is 11.7. The van der Waals surface area contributed by atoms with Crippen LogP contribution in [0.3, 0.4) is 0 Å². The molecule has 1 atom stereocenters. The van der Waals surface area contributed by atoms with Gasteiger partial charge in [0.1, 0.15) is 11.5 Å². The molecule has 0 aliphatic heterocycles. The van der Waals surface area contributed by atoms with Crippen molar-refractivity contribution in [1.29, 1.82) is 0 Å². The lowest BCUT2D eigenvalue weighted by Crippen LogP contribution is -2.38. The number of nitrogens with one attached hydrogen (secondary N) is 2. The molecule has 0 radical (unpaired) electrons. The highest BCUT2D eigenvalue weighted by atomic mass is 35.5. The van der Waals surface area contributed by atoms with Gasteiger partial charge in [0, 0.05) is 5.56 Å². The number of halogens is 1. The van der Waals surface area contributed by atoms with Gasteiger partial charge in [-0.25, -0.2) is 0 Å². The first kappa shape index (κ1) is 19.6. The van der Waals surface area contributed by atoms with Crippen LogP contribution >= 0.6 is 11.6 Å². The maximum absolute atomic E-state index is 12.2. The van der Waals surface area contributed by atoms with E-state index in [9.17, 15) is 9.59 Å². The van der Waals surface area contributed by atoms with Crippen molar-refractivity contribution < 1.29 is 19.1 Å². The Hall–Kier alpha value is -2.73. The van der Waals surface area contributed by atoms with Crippen LogP contribution in [0.4, 0.5) is 0 Å². The van der Waals surface area contributed by atoms with Gasteiger partial charge in [-0.05, 0) is 37.3 Å². The molecule has 0 heterocycles. The number of amides is 2. The van der Waals surface area contributed by atoms with E-state index in [4.69, 9.17) is 21.1 Å². The van der Waals surface area contributed by atoms with Gasteiger partial charge in [0.15, 0.2) is 0 Å². The molecule has 6 nitrogen and oxygen atoms in total. The summed E-state index contributed by atoms with van der Waals surface area (Å²) in [5.41, 5.74) is 1.10. The highest BCUT2D eigenvalue weighted by molar-refractivity contribution is 6.33. The van der Waals surface area contributed by atoms with Gasteiger partial charge in [-0.15, -0.1) is 0 Å². The molecule has 2 rings (SSSR count). The molecule has 138 valence electrons. The Morgan fingerprint density at radius 2 is 1.85 bits per heavy atom. The Labute approximate surface area is 157 Å². The number of methoxy groups -OCH3 is 2. The average Bonchev–Trinajstić information content (AvgIpc) is 2.65. The SMILES string of the molecule is COc1ccc(OC)c([C@H](C)NC(=O)CNC(=O)c2ccccc2Cl)c1. The summed E-state index contributed by atoms with van der Waals surface area (Å²) in [6.07, 6.45) is 0. The van der Waals surface area contributed by atoms with Gasteiger partial charge >= 0.3 is 0 Å². The van der Waals surface area contributed by atoms with Crippen molar-refractivity contribution in [3.8, 4) is 11.5 Å². The number of benzene rings is 2. The Balaban J connectivity index is 1.97. The molecule has 26 heavy (non-hydrogen) atoms. The van der Waals surface area contributed by atoms with E-state index in [0.29, 0.717) is 22.1 Å². The topological polar surface area (TPSA) is 76.7 Å². The molecule has 2 aromatic rings. The number of hydrogen-bond donors (Lipinski definition) is 2. The monoisotopic (exact) mass is 376 g/mol. The number of carbonyl (C=O) groups excluding carboxylic acids is 2. The fourth-order valence-corrected chi connectivity index (χ4v) is 2.67. The van der Waals surface area contributed by atoms with Crippen LogP contribution in [0.5, 0.6) is 11.5 Å². The third-order valence-electron chi connectivity index (χ3n) is 3.81. The summed E-state index contributed by atoms with van der Waals surface area (Å²) < 4.78 is 10.5. The summed E-state index contributed by atoms with van der Waals surface area (Å²) in [6.45, 7) is 1.66. The Kier molecular flexibility index (Phi) is 6.86. The first-order valence-corrected chi connectivity index (χ1v) is 8.38. The van der Waals surface area contributed by atoms with E-state index in [-0.39, 0.29) is 18.5 Å². The van der Waals surface area contributed by atoms with E-state index >= 15 is 0 Å². The summed E-state index contributed by atoms with van der Waals surface area (Å²) in [7, 11) is 3.13. The molecule has 0 spiro atoms. The summed E-state index contributed by atoms with van der Waals surface area (Å²) in [4.78, 5) is 24.3. The van der Waals surface area contributed by atoms with E-state index in [2.05, 4.69) is 10.6 Å². The molecule has 0 fully saturated rings. The van der Waals surface area contributed by atoms with Crippen LogP contribution in [0.2, 0.25) is 5.02 Å². The van der Waals surface area contributed by atoms with Crippen LogP contribution in [0.25, 0.3) is 0 Å². The lowest BCUT2D eigenvalue weighted by molar-refractivity contribution is -0.120. The van der Waals surface area contributed by atoms with Crippen molar-refractivity contribution in [2.45, 2.75) is 13.0 Å². The molecule has 0 unspecified atom stereocenters. The van der Waals surface area contributed by atoms with E-state index in [1.165, 1.54) is 0 Å². The first-order chi connectivity index (χ1) is 12.5. The smallest absolute Gasteiger partial charge is 0.253 e. The maximum Gasteiger partial charge on any atom is 0.253 e. The van der Waals surface area contributed by atoms with Gasteiger partial charge in [-0.2, -0.15) is 0 Å². The highest BCUT2D eigenvalue weighted by Gasteiger charge is 2.16. The lowest BCUT2D eigenvalue weighted by Gasteiger charge is -2.18. The average molecular weight is 377 g/mol. The quantitative estimate of drug-likeness (QED) is 0.778. The molecule has 0 aromatic heterocycles. The minimum absolute atomic E-state index is 0.166. The van der Waals surface area contributed by atoms with E-state index in [0.717, 1.165) is 5.56 Å². The Morgan fingerprint density at radius 1 is 1.12 bits per heavy atom. The normalized spacial score (nSPS) is 11.4. The zero-order chi connectivity index (χ0) is 19.1. The molecule has 0 saturated heterocycles. The van der Waals surface area contributed by atoms with Gasteiger partial charge in [0.2, 0.25) is 5.91 Å². The minimum atomic E-state index is -0.405. The van der Waals surface area contributed by atoms with Crippen molar-refractivity contribution in [2.24, 2.45) is 0 Å². The number of carbonyl (C=O) groups is 2. The molecule has 0 bridgehead atoms. The Bertz CT molecular complexity index is 795. The highest BCUT2D eigenvalue weighted by Crippen LogP contribution is 2.29. The van der Waals surface area contributed by atoms with Crippen molar-refractivity contribution >= 4 is 23.4 Å². The molecular formula is C19H21ClN2O4. The number of ether oxygens (including phenoxy) is 2. The van der Waals surface area contributed by atoms with Crippen LogP contribution in [-0.2, 0) is 4.79 Å². The molecule has 0 aliphatic carbocycles. The van der Waals surface area contributed by atoms with Gasteiger partial charge in [-0.3, -0.25) is 9.59 Å². The second-order valence-corrected chi connectivity index (χ2v) is 5.97. The van der Waals surface area contributed by atoms with Gasteiger partial charge in [0.05, 0.1) is 37.4 Å². The van der Waals surface area contributed by atoms with Crippen LogP contribution in [0, 0.1) is 0 Å². The second kappa shape index (κ2) is 9.10. The largest absolute Gasteiger partial charge is 0.497 e. The fourth-order valence-electron chi connectivity index (χ4n) is 2.45. The molecule has 2 amide bonds. The van der Waals surface area contributed by atoms with Crippen molar-refractivity contribution in [1.82, 2.24) is 10.6 Å². The van der Waals surface area contributed by atoms with Gasteiger partial charge < -0.3 is 20.1 Å². The van der Waals surface area contributed by atoms with Crippen LogP contribution in [0.1, 0.15) is 28.9 Å². The van der Waals surface area contributed by atoms with E-state index in [1.54, 1.807) is 56.7 Å². The van der Waals surface area contributed by atoms with Crippen molar-refractivity contribution in [3.05, 3.63) is 58.6 Å². The summed E-state index contributed by atoms with van der Waals surface area (Å²) >= 11 is 5.97. The van der Waals surface area contributed by atoms with Crippen molar-refractivity contribution in [2.75, 3.05) is 20.8 Å². The maximum atomic E-state index is 12.2. The molecule has 2 aromatic carbocycles. The van der Waals surface area contributed by atoms with Crippen molar-refractivity contribution in [3.63, 3.8) is 0 Å². The van der Waals surface area contributed by atoms with Gasteiger partial charge in [0.25, 0.3) is 5.91 Å². The second-order valence-electron chi connectivity index (χ2n) is 5.56. The molecule has 7 heteroatoms. The third-order valence-corrected chi connectivity index (χ3v) is 4.14. The minimum Gasteiger partial charge on any atom is -0.497 e. The van der Waals surface area contributed by atoms with E-state index in [1.807, 2.05) is 6.92 Å². The predicted octanol–water partition coefficient (Wildman–Crippen LogP) is 2.96. The molecular weight excluding hydrogens is 356 g/mol.